The molecule has 0 radical (unpaired) electrons. The minimum absolute atomic E-state index is 0. The van der Waals surface area contributed by atoms with Gasteiger partial charge in [0.2, 0.25) is 0 Å². The number of carbonyl (C=O) groups excluding carboxylic acids is 1. The van der Waals surface area contributed by atoms with Crippen LogP contribution in [0, 0.1) is 0 Å². The Morgan fingerprint density at radius 2 is 0.500 bits per heavy atom. The molecule has 0 spiro atoms. The summed E-state index contributed by atoms with van der Waals surface area (Å²) in [5.74, 6) is -0.875. The molecule has 0 aliphatic rings. The van der Waals surface area contributed by atoms with Crippen LogP contribution < -0.4 is 34.7 Å². The molecule has 0 saturated carbocycles. The van der Waals surface area contributed by atoms with Crippen LogP contribution >= 0.6 is 0 Å². The van der Waals surface area contributed by atoms with E-state index >= 15 is 0 Å². The molecule has 1 atom stereocenters. The molecule has 0 bridgehead atoms. The summed E-state index contributed by atoms with van der Waals surface area (Å²) in [6.45, 7) is 8.45. The third-order valence-electron chi connectivity index (χ3n) is 12.2. The maximum absolute atomic E-state index is 11.9. The van der Waals surface area contributed by atoms with Gasteiger partial charge in [0.05, 0.1) is 5.97 Å². The van der Waals surface area contributed by atoms with E-state index in [-0.39, 0.29) is 29.6 Å². The SMILES string of the molecule is CCCCCCCCCCCCCCCCCCCCCCCN(CCCCCCCCCCCCCCCCCCCCCCC)C(CC)C(=O)[O-].[Na+]. The van der Waals surface area contributed by atoms with E-state index < -0.39 is 12.0 Å². The van der Waals surface area contributed by atoms with Crippen molar-refractivity contribution in [1.82, 2.24) is 4.90 Å². The van der Waals surface area contributed by atoms with Gasteiger partial charge in [-0.1, -0.05) is 278 Å². The van der Waals surface area contributed by atoms with Crippen molar-refractivity contribution in [3.63, 3.8) is 0 Å². The Labute approximate surface area is 364 Å². The minimum Gasteiger partial charge on any atom is -0.548 e. The first-order valence-corrected chi connectivity index (χ1v) is 25.1. The molecule has 0 amide bonds. The van der Waals surface area contributed by atoms with Crippen LogP contribution in [0.3, 0.4) is 0 Å². The van der Waals surface area contributed by atoms with E-state index in [1.54, 1.807) is 0 Å². The Bertz CT molecular complexity index is 642. The summed E-state index contributed by atoms with van der Waals surface area (Å²) < 4.78 is 0. The topological polar surface area (TPSA) is 43.4 Å². The van der Waals surface area contributed by atoms with Crippen molar-refractivity contribution in [3.05, 3.63) is 0 Å². The van der Waals surface area contributed by atoms with Gasteiger partial charge in [-0.3, -0.25) is 4.90 Å². The molecule has 0 heterocycles. The van der Waals surface area contributed by atoms with E-state index in [1.165, 1.54) is 257 Å². The number of hydrogen-bond donors (Lipinski definition) is 0. The normalized spacial score (nSPS) is 12.1. The number of carboxylic acid groups (broad SMARTS) is 1. The van der Waals surface area contributed by atoms with Crippen molar-refractivity contribution >= 4 is 5.97 Å². The molecule has 0 N–H and O–H groups in total. The van der Waals surface area contributed by atoms with Crippen molar-refractivity contribution in [3.8, 4) is 0 Å². The van der Waals surface area contributed by atoms with Gasteiger partial charge in [0, 0.05) is 6.04 Å². The van der Waals surface area contributed by atoms with Gasteiger partial charge >= 0.3 is 29.6 Å². The fraction of sp³-hybridized carbons (Fsp3) is 0.980. The largest absolute Gasteiger partial charge is 1.00 e. The molecule has 0 aromatic carbocycles. The summed E-state index contributed by atoms with van der Waals surface area (Å²) in [6, 6.07) is -0.412. The Kier molecular flexibility index (Phi) is 51.9. The first-order valence-electron chi connectivity index (χ1n) is 25.1. The van der Waals surface area contributed by atoms with E-state index in [1.807, 2.05) is 6.92 Å². The molecule has 318 valence electrons. The molecule has 54 heavy (non-hydrogen) atoms. The first-order chi connectivity index (χ1) is 26.2. The summed E-state index contributed by atoms with van der Waals surface area (Å²) in [5.41, 5.74) is 0. The van der Waals surface area contributed by atoms with Crippen LogP contribution in [0.2, 0.25) is 0 Å². The van der Waals surface area contributed by atoms with Crippen LogP contribution in [0.1, 0.15) is 297 Å². The summed E-state index contributed by atoms with van der Waals surface area (Å²) >= 11 is 0. The summed E-state index contributed by atoms with van der Waals surface area (Å²) in [6.07, 6.45) is 59.4. The van der Waals surface area contributed by atoms with E-state index in [0.717, 1.165) is 25.9 Å². The second kappa shape index (κ2) is 49.6. The minimum atomic E-state index is -0.875. The summed E-state index contributed by atoms with van der Waals surface area (Å²) in [5, 5.41) is 11.9. The zero-order valence-electron chi connectivity index (χ0n) is 38.2. The van der Waals surface area contributed by atoms with Gasteiger partial charge in [-0.25, -0.2) is 0 Å². The van der Waals surface area contributed by atoms with E-state index in [2.05, 4.69) is 18.7 Å². The average molecular weight is 770 g/mol. The molecule has 3 nitrogen and oxygen atoms in total. The van der Waals surface area contributed by atoms with Crippen molar-refractivity contribution < 1.29 is 39.5 Å². The van der Waals surface area contributed by atoms with Gasteiger partial charge < -0.3 is 9.90 Å². The molecule has 0 saturated heterocycles. The van der Waals surface area contributed by atoms with Crippen LogP contribution in [-0.4, -0.2) is 30.0 Å². The van der Waals surface area contributed by atoms with Gasteiger partial charge in [0.15, 0.2) is 0 Å². The van der Waals surface area contributed by atoms with Crippen LogP contribution in [0.25, 0.3) is 0 Å². The molecule has 0 aromatic heterocycles. The fourth-order valence-electron chi connectivity index (χ4n) is 8.49. The van der Waals surface area contributed by atoms with Crippen LogP contribution in [0.4, 0.5) is 0 Å². The monoisotopic (exact) mass is 770 g/mol. The Morgan fingerprint density at radius 3 is 0.648 bits per heavy atom. The quantitative estimate of drug-likeness (QED) is 0.0457. The van der Waals surface area contributed by atoms with E-state index in [0.29, 0.717) is 6.42 Å². The second-order valence-corrected chi connectivity index (χ2v) is 17.4. The van der Waals surface area contributed by atoms with Crippen molar-refractivity contribution in [2.24, 2.45) is 0 Å². The van der Waals surface area contributed by atoms with Crippen LogP contribution in [0.15, 0.2) is 0 Å². The second-order valence-electron chi connectivity index (χ2n) is 17.4. The fourth-order valence-corrected chi connectivity index (χ4v) is 8.49. The summed E-state index contributed by atoms with van der Waals surface area (Å²) in [4.78, 5) is 14.1. The number of rotatable bonds is 47. The molecular formula is C50H100NNaO2. The van der Waals surface area contributed by atoms with E-state index in [4.69, 9.17) is 0 Å². The van der Waals surface area contributed by atoms with Crippen molar-refractivity contribution in [2.45, 2.75) is 303 Å². The van der Waals surface area contributed by atoms with Crippen molar-refractivity contribution in [1.29, 1.82) is 0 Å². The van der Waals surface area contributed by atoms with Gasteiger partial charge in [0.1, 0.15) is 0 Å². The van der Waals surface area contributed by atoms with Gasteiger partial charge in [-0.05, 0) is 32.4 Å². The Hall–Kier alpha value is 0.430. The zero-order valence-corrected chi connectivity index (χ0v) is 40.2. The molecular weight excluding hydrogens is 670 g/mol. The number of nitrogens with zero attached hydrogens (tertiary/aromatic N) is 1. The third kappa shape index (κ3) is 43.6. The molecule has 0 aliphatic heterocycles. The summed E-state index contributed by atoms with van der Waals surface area (Å²) in [7, 11) is 0. The first kappa shape index (κ1) is 56.5. The van der Waals surface area contributed by atoms with Crippen LogP contribution in [-0.2, 0) is 4.79 Å². The number of hydrogen-bond acceptors (Lipinski definition) is 3. The maximum Gasteiger partial charge on any atom is 1.00 e. The molecule has 0 fully saturated rings. The standard InChI is InChI=1S/C50H101NO2.Na/c1-4-7-9-11-13-15-17-19-21-23-25-27-29-31-33-35-37-39-41-43-45-47-51(49(6-3)50(52)53)48-46-44-42-40-38-36-34-32-30-28-26-24-22-20-18-16-14-12-10-8-5-2;/h49H,4-48H2,1-3H3,(H,52,53);/q;+1/p-1. The molecule has 0 aromatic rings. The third-order valence-corrected chi connectivity index (χ3v) is 12.2. The van der Waals surface area contributed by atoms with E-state index in [9.17, 15) is 9.90 Å². The molecule has 4 heteroatoms. The number of unbranched alkanes of at least 4 members (excludes halogenated alkanes) is 40. The molecule has 0 rings (SSSR count). The van der Waals surface area contributed by atoms with Gasteiger partial charge in [0.25, 0.3) is 0 Å². The van der Waals surface area contributed by atoms with Gasteiger partial charge in [-0.2, -0.15) is 0 Å². The predicted octanol–water partition coefficient (Wildman–Crippen LogP) is 13.2. The Morgan fingerprint density at radius 1 is 0.333 bits per heavy atom. The van der Waals surface area contributed by atoms with Gasteiger partial charge in [-0.15, -0.1) is 0 Å². The zero-order chi connectivity index (χ0) is 38.6. The average Bonchev–Trinajstić information content (AvgIpc) is 3.15. The number of carbonyl (C=O) groups is 1. The predicted molar refractivity (Wildman–Crippen MR) is 236 cm³/mol. The number of aliphatic carboxylic acids is 1. The maximum atomic E-state index is 11.9. The number of carboxylic acids is 1. The smallest absolute Gasteiger partial charge is 0.548 e. The van der Waals surface area contributed by atoms with Crippen molar-refractivity contribution in [2.75, 3.05) is 13.1 Å². The Balaban J connectivity index is 0. The van der Waals surface area contributed by atoms with Crippen LogP contribution in [0.5, 0.6) is 0 Å². The molecule has 1 unspecified atom stereocenters. The molecule has 0 aliphatic carbocycles.